The maximum absolute atomic E-state index is 11.7. The first-order chi connectivity index (χ1) is 13.1. The Bertz CT molecular complexity index is 944. The second-order valence-corrected chi connectivity index (χ2v) is 5.52. The van der Waals surface area contributed by atoms with Crippen LogP contribution in [0.1, 0.15) is 17.3 Å². The Morgan fingerprint density at radius 3 is 2.59 bits per heavy atom. The van der Waals surface area contributed by atoms with Crippen LogP contribution in [-0.2, 0) is 0 Å². The van der Waals surface area contributed by atoms with Crippen molar-refractivity contribution in [2.45, 2.75) is 6.92 Å². The summed E-state index contributed by atoms with van der Waals surface area (Å²) in [6, 6.07) is 10.4. The SMILES string of the molecule is CCOc1ccc2ncc(C(=O)O)c(Nc3ccc(OCCO)cc3)c2n1. The van der Waals surface area contributed by atoms with Crippen molar-refractivity contribution in [2.24, 2.45) is 0 Å². The third kappa shape index (κ3) is 4.24. The maximum atomic E-state index is 11.7. The van der Waals surface area contributed by atoms with Crippen molar-refractivity contribution in [3.63, 3.8) is 0 Å². The van der Waals surface area contributed by atoms with Crippen LogP contribution in [0, 0.1) is 0 Å². The summed E-state index contributed by atoms with van der Waals surface area (Å²) in [6.07, 6.45) is 1.30. The van der Waals surface area contributed by atoms with E-state index in [0.717, 1.165) is 0 Å². The number of benzene rings is 1. The summed E-state index contributed by atoms with van der Waals surface area (Å²) in [7, 11) is 0. The number of aliphatic hydroxyl groups excluding tert-OH is 1. The van der Waals surface area contributed by atoms with Gasteiger partial charge in [0, 0.05) is 18.0 Å². The van der Waals surface area contributed by atoms with Crippen LogP contribution in [-0.4, -0.2) is 46.0 Å². The first-order valence-corrected chi connectivity index (χ1v) is 8.39. The van der Waals surface area contributed by atoms with Gasteiger partial charge in [0.15, 0.2) is 0 Å². The van der Waals surface area contributed by atoms with Crippen molar-refractivity contribution in [2.75, 3.05) is 25.1 Å². The number of rotatable bonds is 8. The van der Waals surface area contributed by atoms with Crippen molar-refractivity contribution in [3.8, 4) is 11.6 Å². The average Bonchev–Trinajstić information content (AvgIpc) is 2.68. The number of nitrogens with one attached hydrogen (secondary N) is 1. The van der Waals surface area contributed by atoms with E-state index in [4.69, 9.17) is 14.6 Å². The zero-order valence-corrected chi connectivity index (χ0v) is 14.7. The molecule has 2 heterocycles. The smallest absolute Gasteiger partial charge is 0.339 e. The van der Waals surface area contributed by atoms with Crippen LogP contribution in [0.2, 0.25) is 0 Å². The number of hydrogen-bond acceptors (Lipinski definition) is 7. The fourth-order valence-electron chi connectivity index (χ4n) is 2.51. The molecule has 0 atom stereocenters. The normalized spacial score (nSPS) is 10.6. The third-order valence-corrected chi connectivity index (χ3v) is 3.69. The molecule has 27 heavy (non-hydrogen) atoms. The Hall–Kier alpha value is -3.39. The Labute approximate surface area is 155 Å². The minimum absolute atomic E-state index is 0.00394. The van der Waals surface area contributed by atoms with Crippen LogP contribution in [0.15, 0.2) is 42.6 Å². The Kier molecular flexibility index (Phi) is 5.68. The lowest BCUT2D eigenvalue weighted by Crippen LogP contribution is -2.06. The molecule has 8 heteroatoms. The van der Waals surface area contributed by atoms with Crippen LogP contribution in [0.4, 0.5) is 11.4 Å². The molecule has 2 aromatic heterocycles. The van der Waals surface area contributed by atoms with Crippen LogP contribution in [0.25, 0.3) is 11.0 Å². The summed E-state index contributed by atoms with van der Waals surface area (Å²) < 4.78 is 10.7. The number of carboxylic acids is 1. The molecule has 0 fully saturated rings. The van der Waals surface area contributed by atoms with Crippen LogP contribution in [0.3, 0.4) is 0 Å². The first kappa shape index (κ1) is 18.4. The number of ether oxygens (including phenoxy) is 2. The number of carbonyl (C=O) groups is 1. The van der Waals surface area contributed by atoms with E-state index in [2.05, 4.69) is 15.3 Å². The molecule has 8 nitrogen and oxygen atoms in total. The minimum Gasteiger partial charge on any atom is -0.491 e. The van der Waals surface area contributed by atoms with Gasteiger partial charge >= 0.3 is 5.97 Å². The van der Waals surface area contributed by atoms with Crippen LogP contribution >= 0.6 is 0 Å². The molecule has 0 saturated carbocycles. The van der Waals surface area contributed by atoms with E-state index in [1.807, 2.05) is 6.92 Å². The second kappa shape index (κ2) is 8.33. The van der Waals surface area contributed by atoms with Crippen molar-refractivity contribution in [1.29, 1.82) is 0 Å². The quantitative estimate of drug-likeness (QED) is 0.555. The van der Waals surface area contributed by atoms with Gasteiger partial charge in [0.05, 0.1) is 24.4 Å². The Morgan fingerprint density at radius 1 is 1.15 bits per heavy atom. The van der Waals surface area contributed by atoms with Gasteiger partial charge in [0.2, 0.25) is 5.88 Å². The number of aromatic nitrogens is 2. The molecule has 0 spiro atoms. The molecular weight excluding hydrogens is 350 g/mol. The molecule has 0 aliphatic heterocycles. The monoisotopic (exact) mass is 369 g/mol. The summed E-state index contributed by atoms with van der Waals surface area (Å²) in [5.41, 5.74) is 1.95. The maximum Gasteiger partial charge on any atom is 0.339 e. The number of carboxylic acid groups (broad SMARTS) is 1. The Morgan fingerprint density at radius 2 is 1.93 bits per heavy atom. The van der Waals surface area contributed by atoms with Gasteiger partial charge in [-0.15, -0.1) is 0 Å². The molecule has 0 aliphatic rings. The molecule has 1 aromatic carbocycles. The van der Waals surface area contributed by atoms with E-state index in [-0.39, 0.29) is 18.8 Å². The van der Waals surface area contributed by atoms with Gasteiger partial charge in [-0.25, -0.2) is 9.78 Å². The van der Waals surface area contributed by atoms with Gasteiger partial charge in [-0.05, 0) is 37.3 Å². The number of aromatic carboxylic acids is 1. The number of pyridine rings is 2. The highest BCUT2D eigenvalue weighted by Gasteiger charge is 2.17. The topological polar surface area (TPSA) is 114 Å². The predicted octanol–water partition coefficient (Wildman–Crippen LogP) is 2.84. The third-order valence-electron chi connectivity index (χ3n) is 3.69. The van der Waals surface area contributed by atoms with E-state index in [9.17, 15) is 9.90 Å². The minimum atomic E-state index is -1.11. The van der Waals surface area contributed by atoms with Crippen molar-refractivity contribution in [1.82, 2.24) is 9.97 Å². The summed E-state index contributed by atoms with van der Waals surface area (Å²) in [6.45, 7) is 2.42. The average molecular weight is 369 g/mol. The summed E-state index contributed by atoms with van der Waals surface area (Å²) >= 11 is 0. The fourth-order valence-corrected chi connectivity index (χ4v) is 2.51. The van der Waals surface area contributed by atoms with Crippen molar-refractivity contribution in [3.05, 3.63) is 48.2 Å². The number of fused-ring (bicyclic) bond motifs is 1. The largest absolute Gasteiger partial charge is 0.491 e. The zero-order valence-electron chi connectivity index (χ0n) is 14.7. The molecule has 0 aliphatic carbocycles. The van der Waals surface area contributed by atoms with E-state index in [0.29, 0.717) is 40.6 Å². The molecule has 0 saturated heterocycles. The summed E-state index contributed by atoms with van der Waals surface area (Å²) in [4.78, 5) is 20.2. The van der Waals surface area contributed by atoms with Crippen molar-refractivity contribution < 1.29 is 24.5 Å². The number of nitrogens with zero attached hydrogens (tertiary/aromatic N) is 2. The fraction of sp³-hybridized carbons (Fsp3) is 0.211. The van der Waals surface area contributed by atoms with Gasteiger partial charge in [0.25, 0.3) is 0 Å². The molecule has 0 bridgehead atoms. The number of aliphatic hydroxyl groups is 1. The van der Waals surface area contributed by atoms with Gasteiger partial charge < -0.3 is 25.0 Å². The second-order valence-electron chi connectivity index (χ2n) is 5.52. The molecule has 0 radical (unpaired) electrons. The van der Waals surface area contributed by atoms with E-state index >= 15 is 0 Å². The molecule has 140 valence electrons. The predicted molar refractivity (Wildman–Crippen MR) is 100.0 cm³/mol. The van der Waals surface area contributed by atoms with E-state index in [1.54, 1.807) is 36.4 Å². The lowest BCUT2D eigenvalue weighted by atomic mass is 10.1. The van der Waals surface area contributed by atoms with Gasteiger partial charge in [-0.3, -0.25) is 4.98 Å². The van der Waals surface area contributed by atoms with Gasteiger partial charge in [-0.1, -0.05) is 0 Å². The Balaban J connectivity index is 2.01. The van der Waals surface area contributed by atoms with Gasteiger partial charge in [-0.2, -0.15) is 0 Å². The number of anilines is 2. The van der Waals surface area contributed by atoms with Crippen LogP contribution < -0.4 is 14.8 Å². The van der Waals surface area contributed by atoms with E-state index in [1.165, 1.54) is 6.20 Å². The summed E-state index contributed by atoms with van der Waals surface area (Å²) in [5, 5.41) is 21.4. The lowest BCUT2D eigenvalue weighted by molar-refractivity contribution is 0.0697. The highest BCUT2D eigenvalue weighted by Crippen LogP contribution is 2.30. The van der Waals surface area contributed by atoms with Crippen molar-refractivity contribution >= 4 is 28.4 Å². The van der Waals surface area contributed by atoms with Crippen LogP contribution in [0.5, 0.6) is 11.6 Å². The molecule has 0 amide bonds. The van der Waals surface area contributed by atoms with E-state index < -0.39 is 5.97 Å². The molecule has 0 unspecified atom stereocenters. The summed E-state index contributed by atoms with van der Waals surface area (Å²) in [5.74, 6) is -0.118. The number of hydrogen-bond donors (Lipinski definition) is 3. The highest BCUT2D eigenvalue weighted by atomic mass is 16.5. The molecule has 3 aromatic rings. The van der Waals surface area contributed by atoms with Gasteiger partial charge in [0.1, 0.15) is 23.4 Å². The highest BCUT2D eigenvalue weighted by molar-refractivity contribution is 6.03. The molecule has 3 rings (SSSR count). The first-order valence-electron chi connectivity index (χ1n) is 8.39. The molecular formula is C19H19N3O5. The zero-order chi connectivity index (χ0) is 19.2. The molecule has 3 N–H and O–H groups in total. The lowest BCUT2D eigenvalue weighted by Gasteiger charge is -2.13. The standard InChI is InChI=1S/C19H19N3O5/c1-2-26-16-8-7-15-18(22-16)17(14(11-20-15)19(24)25)21-12-3-5-13(6-4-12)27-10-9-23/h3-8,11,23H,2,9-10H2,1H3,(H,20,21)(H,24,25).